The Kier molecular flexibility index (Phi) is 49.3. The maximum absolute atomic E-state index is 9.48. The molecule has 131 heavy (non-hydrogen) atoms. The molecule has 1 N–H and O–H groups in total. The van der Waals surface area contributed by atoms with Gasteiger partial charge in [0.15, 0.2) is 16.6 Å². The molecule has 0 aromatic carbocycles. The molecule has 0 saturated heterocycles. The summed E-state index contributed by atoms with van der Waals surface area (Å²) in [6, 6.07) is 1.98. The lowest BCUT2D eigenvalue weighted by Gasteiger charge is -2.45. The summed E-state index contributed by atoms with van der Waals surface area (Å²) < 4.78 is 209. The van der Waals surface area contributed by atoms with Gasteiger partial charge in [0.05, 0.1) is 0 Å². The van der Waals surface area contributed by atoms with E-state index in [1.807, 2.05) is 0 Å². The van der Waals surface area contributed by atoms with E-state index in [4.69, 9.17) is 123 Å². The minimum absolute atomic E-state index is 0.154. The predicted octanol–water partition coefficient (Wildman–Crippen LogP) is 24.4. The zero-order valence-electron chi connectivity index (χ0n) is 95.4. The van der Waals surface area contributed by atoms with E-state index in [1.54, 1.807) is 0 Å². The van der Waals surface area contributed by atoms with Crippen molar-refractivity contribution < 1.29 is 129 Å². The molecule has 0 bridgehead atoms. The van der Waals surface area contributed by atoms with Gasteiger partial charge in [-0.2, -0.15) is 0 Å². The SMILES string of the molecule is CCCC[Si](C)(C)O[Si](C)(C)O[Si](C)(C)O[Si](C)(C)O[Si](C)(C)O[Si](C)(C)O[Si](C)(C)O[Si](C)(C)O[Si](C)(C)O[Si](C)(C)O[Si](C)(C)O[Si](C)(C)O[Si](C)(C)O[Si](C)(C)O[Si](C)(C)O[Si](C)(C)O[Si](C)(C)O[Si](C)(C)O[Si](C)(C)O[Si](C)(C)O[Si](C)(C)O[Si](C)(C)O[Si](C)(C)O[Si](C)(C)O[Si](C)(C)O[Si](C)(C)O[Si](C)(C)O[Si](C)(C)O[Si](C)(C)O[Si](C)(C)O[Si](C)(C)CCCO. The molecule has 0 radical (unpaired) electrons. The molecule has 0 atom stereocenters. The molecule has 62 heteroatoms. The summed E-state index contributed by atoms with van der Waals surface area (Å²) in [5.41, 5.74) is 0. The number of hydrogen-bond donors (Lipinski definition) is 1. The van der Waals surface area contributed by atoms with Crippen molar-refractivity contribution >= 4 is 265 Å². The summed E-state index contributed by atoms with van der Waals surface area (Å²) in [6.07, 6.45) is 3.04. The van der Waals surface area contributed by atoms with E-state index in [2.05, 4.69) is 413 Å². The van der Waals surface area contributed by atoms with Crippen LogP contribution in [0.4, 0.5) is 0 Å². The van der Waals surface area contributed by atoms with Crippen molar-refractivity contribution in [3.8, 4) is 0 Å². The zero-order valence-corrected chi connectivity index (χ0v) is 126. The Morgan fingerprint density at radius 2 is 0.183 bits per heavy atom. The number of hydrogen-bond acceptors (Lipinski definition) is 31. The third-order valence-corrected chi connectivity index (χ3v) is 138. The molecule has 0 amide bonds. The molecule has 31 nitrogen and oxygen atoms in total. The van der Waals surface area contributed by atoms with Crippen molar-refractivity contribution in [2.24, 2.45) is 0 Å². The molecule has 0 spiro atoms. The van der Waals surface area contributed by atoms with Gasteiger partial charge in [-0.1, -0.05) is 19.8 Å². The highest BCUT2D eigenvalue weighted by Crippen LogP contribution is 2.39. The largest absolute Gasteiger partial charge is 0.436 e. The van der Waals surface area contributed by atoms with Crippen molar-refractivity contribution in [2.75, 3.05) is 6.61 Å². The standard InChI is InChI=1S/C69H202O31Si31/c1-64-65-68-101(2,3)71-103(6,7)73-105(10,11)75-107(14,15)77-109(18,19)79-111(22,23)81-113(26,27)83-115(30,31)85-117(34,35)87-119(38,39)89-121(42,43)91-123(46,47)93-125(50,51)95-127(54,55)97-129(58,59)99-131(62,63)100-130(60,61)98-128(56,57)96-126(52,53)94-124(48,49)92-122(44,45)90-120(40,41)88-118(36,37)86-116(32,33)84-114(28,29)82-112(24,25)80-110(20,21)78-108(16,17)76-106(12,13)74-104(8,9)72-102(4,5)69-66-67-70/h70H,64-69H2,1-63H3. The van der Waals surface area contributed by atoms with Crippen LogP contribution >= 0.6 is 0 Å². The van der Waals surface area contributed by atoms with Gasteiger partial charge in [-0.05, 0) is 424 Å². The molecule has 0 aliphatic heterocycles. The van der Waals surface area contributed by atoms with Crippen LogP contribution in [0.2, 0.25) is 418 Å². The van der Waals surface area contributed by atoms with E-state index in [9.17, 15) is 5.11 Å². The molecule has 0 unspecified atom stereocenters. The van der Waals surface area contributed by atoms with Crippen molar-refractivity contribution in [3.05, 3.63) is 0 Å². The smallest absolute Gasteiger partial charge is 0.314 e. The molecule has 788 valence electrons. The summed E-state index contributed by atoms with van der Waals surface area (Å²) in [7, 11) is -86.9. The summed E-state index contributed by atoms with van der Waals surface area (Å²) >= 11 is 0. The molecular weight excluding hydrogens is 2200 g/mol. The summed E-state index contributed by atoms with van der Waals surface area (Å²) in [5.74, 6) is 0. The van der Waals surface area contributed by atoms with Crippen LogP contribution < -0.4 is 0 Å². The second kappa shape index (κ2) is 47.4. The van der Waals surface area contributed by atoms with Gasteiger partial charge >= 0.3 is 248 Å². The van der Waals surface area contributed by atoms with Crippen molar-refractivity contribution in [1.82, 2.24) is 0 Å². The Morgan fingerprint density at radius 1 is 0.115 bits per heavy atom. The summed E-state index contributed by atoms with van der Waals surface area (Å²) in [6.45, 7) is 131. The van der Waals surface area contributed by atoms with Gasteiger partial charge in [0.1, 0.15) is 0 Å². The lowest BCUT2D eigenvalue weighted by atomic mass is 10.4. The zero-order chi connectivity index (χ0) is 105. The lowest BCUT2D eigenvalue weighted by Crippen LogP contribution is -2.63. The predicted molar refractivity (Wildman–Crippen MR) is 611 cm³/mol. The molecule has 0 fully saturated rings. The molecule has 0 aliphatic carbocycles. The maximum Gasteiger partial charge on any atom is 0.314 e. The van der Waals surface area contributed by atoms with Gasteiger partial charge in [0.2, 0.25) is 0 Å². The third kappa shape index (κ3) is 63.2. The van der Waals surface area contributed by atoms with Gasteiger partial charge in [-0.3, -0.25) is 0 Å². The van der Waals surface area contributed by atoms with Crippen LogP contribution in [0, 0.1) is 0 Å². The Labute approximate surface area is 836 Å². The highest BCUT2D eigenvalue weighted by atomic mass is 28.6. The second-order valence-corrected chi connectivity index (χ2v) is 163. The minimum atomic E-state index is -2.95. The first-order valence-corrected chi connectivity index (χ1v) is 135. The van der Waals surface area contributed by atoms with Gasteiger partial charge in [-0.25, -0.2) is 0 Å². The van der Waals surface area contributed by atoms with E-state index in [1.165, 1.54) is 6.42 Å². The molecule has 0 aromatic heterocycles. The van der Waals surface area contributed by atoms with Crippen LogP contribution in [0.3, 0.4) is 0 Å². The van der Waals surface area contributed by atoms with Crippen LogP contribution in [0.25, 0.3) is 0 Å². The molecule has 0 rings (SSSR count). The first-order valence-electron chi connectivity index (χ1n) is 47.0. The van der Waals surface area contributed by atoms with Crippen molar-refractivity contribution in [3.63, 3.8) is 0 Å². The highest BCUT2D eigenvalue weighted by Gasteiger charge is 2.59. The fraction of sp³-hybridized carbons (Fsp3) is 1.00. The van der Waals surface area contributed by atoms with Crippen LogP contribution in [-0.2, 0) is 123 Å². The topological polar surface area (TPSA) is 297 Å². The van der Waals surface area contributed by atoms with E-state index < -0.39 is 265 Å². The fourth-order valence-electron chi connectivity index (χ4n) is 19.7. The van der Waals surface area contributed by atoms with Crippen LogP contribution in [0.15, 0.2) is 0 Å². The first kappa shape index (κ1) is 136. The highest BCUT2D eigenvalue weighted by molar-refractivity contribution is 6.99. The van der Waals surface area contributed by atoms with Gasteiger partial charge in [0.25, 0.3) is 0 Å². The lowest BCUT2D eigenvalue weighted by molar-refractivity contribution is 0.242. The second-order valence-electron chi connectivity index (χ2n) is 49.1. The van der Waals surface area contributed by atoms with Gasteiger partial charge in [0, 0.05) is 6.61 Å². The van der Waals surface area contributed by atoms with E-state index in [0.29, 0.717) is 0 Å². The molecule has 0 saturated carbocycles. The fourth-order valence-corrected chi connectivity index (χ4v) is 182. The van der Waals surface area contributed by atoms with Gasteiger partial charge < -0.3 is 129 Å². The maximum atomic E-state index is 9.48. The van der Waals surface area contributed by atoms with Crippen LogP contribution in [-0.4, -0.2) is 277 Å². The minimum Gasteiger partial charge on any atom is -0.436 e. The van der Waals surface area contributed by atoms with E-state index >= 15 is 0 Å². The van der Waals surface area contributed by atoms with Gasteiger partial charge in [-0.15, -0.1) is 0 Å². The monoisotopic (exact) mass is 2390 g/mol. The molecule has 0 aromatic rings. The average molecular weight is 2400 g/mol. The van der Waals surface area contributed by atoms with Crippen molar-refractivity contribution in [2.45, 2.75) is 444 Å². The quantitative estimate of drug-likeness (QED) is 0.0553. The first-order chi connectivity index (χ1) is 56.3. The van der Waals surface area contributed by atoms with E-state index in [-0.39, 0.29) is 6.61 Å². The Morgan fingerprint density at radius 3 is 0.252 bits per heavy atom. The molecule has 0 heterocycles. The normalized spacial score (nSPS) is 16.1. The number of aliphatic hydroxyl groups is 1. The molecule has 0 aliphatic rings. The molecular formula is C69H202O31Si31. The number of rotatable bonds is 66. The summed E-state index contributed by atoms with van der Waals surface area (Å²) in [5, 5.41) is 9.48. The number of aliphatic hydroxyl groups excluding tert-OH is 1. The van der Waals surface area contributed by atoms with Crippen LogP contribution in [0.1, 0.15) is 26.2 Å². The number of unbranched alkanes of at least 4 members (excludes halogenated alkanes) is 1. The van der Waals surface area contributed by atoms with E-state index in [0.717, 1.165) is 24.9 Å². The average Bonchev–Trinajstić information content (AvgIpc) is 0.800. The van der Waals surface area contributed by atoms with Crippen LogP contribution in [0.5, 0.6) is 0 Å². The Hall–Kier alpha value is 5.48. The third-order valence-electron chi connectivity index (χ3n) is 16.9. The summed E-state index contributed by atoms with van der Waals surface area (Å²) in [4.78, 5) is 0. The Bertz CT molecular complexity index is 3190. The van der Waals surface area contributed by atoms with Crippen molar-refractivity contribution in [1.29, 1.82) is 0 Å². The Balaban J connectivity index is 5.98.